The highest BCUT2D eigenvalue weighted by Crippen LogP contribution is 2.55. The standard InChI is InChI=1S/C18H19NO2/c20-14-8-5-11-18(12-14)15-9-4-10-16(15)19(17(18)21)13-6-2-1-3-7-13/h1-3,5-8,15-16H,4,9-12H2/t15-,16+,18-/m1/s1. The van der Waals surface area contributed by atoms with Gasteiger partial charge in [0.1, 0.15) is 0 Å². The van der Waals surface area contributed by atoms with Crippen molar-refractivity contribution >= 4 is 17.4 Å². The van der Waals surface area contributed by atoms with E-state index in [9.17, 15) is 9.59 Å². The van der Waals surface area contributed by atoms with E-state index in [-0.39, 0.29) is 17.7 Å². The van der Waals surface area contributed by atoms with Gasteiger partial charge in [0.15, 0.2) is 5.78 Å². The number of fused-ring (bicyclic) bond motifs is 2. The lowest BCUT2D eigenvalue weighted by molar-refractivity contribution is -0.132. The summed E-state index contributed by atoms with van der Waals surface area (Å²) in [5.41, 5.74) is 0.515. The number of carbonyl (C=O) groups is 2. The van der Waals surface area contributed by atoms with Gasteiger partial charge < -0.3 is 4.90 Å². The molecule has 1 heterocycles. The van der Waals surface area contributed by atoms with Crippen molar-refractivity contribution in [1.82, 2.24) is 0 Å². The van der Waals surface area contributed by atoms with Crippen LogP contribution in [0.25, 0.3) is 0 Å². The number of rotatable bonds is 1. The van der Waals surface area contributed by atoms with Crippen molar-refractivity contribution in [3.63, 3.8) is 0 Å². The summed E-state index contributed by atoms with van der Waals surface area (Å²) in [5.74, 6) is 0.607. The molecule has 1 aliphatic heterocycles. The van der Waals surface area contributed by atoms with Crippen LogP contribution in [0, 0.1) is 11.3 Å². The van der Waals surface area contributed by atoms with E-state index < -0.39 is 5.41 Å². The Bertz CT molecular complexity index is 621. The summed E-state index contributed by atoms with van der Waals surface area (Å²) in [6.45, 7) is 0. The number of hydrogen-bond donors (Lipinski definition) is 0. The van der Waals surface area contributed by atoms with Crippen LogP contribution in [0.3, 0.4) is 0 Å². The molecule has 0 N–H and O–H groups in total. The van der Waals surface area contributed by atoms with Gasteiger partial charge in [0.25, 0.3) is 0 Å². The summed E-state index contributed by atoms with van der Waals surface area (Å²) in [6.07, 6.45) is 7.97. The summed E-state index contributed by atoms with van der Waals surface area (Å²) in [6, 6.07) is 10.2. The summed E-state index contributed by atoms with van der Waals surface area (Å²) in [5, 5.41) is 0. The SMILES string of the molecule is O=C1C=CC[C@]2(C1)C(=O)N(c1ccccc1)[C@H]1CCC[C@H]12. The van der Waals surface area contributed by atoms with Crippen molar-refractivity contribution in [2.75, 3.05) is 4.90 Å². The van der Waals surface area contributed by atoms with Crippen LogP contribution in [0.5, 0.6) is 0 Å². The highest BCUT2D eigenvalue weighted by molar-refractivity contribution is 6.06. The molecule has 0 unspecified atom stereocenters. The van der Waals surface area contributed by atoms with E-state index in [1.807, 2.05) is 41.3 Å². The van der Waals surface area contributed by atoms with E-state index >= 15 is 0 Å². The number of ketones is 1. The minimum Gasteiger partial charge on any atom is -0.309 e. The number of nitrogens with zero attached hydrogens (tertiary/aromatic N) is 1. The van der Waals surface area contributed by atoms with Gasteiger partial charge in [0.05, 0.1) is 5.41 Å². The Kier molecular flexibility index (Phi) is 2.78. The summed E-state index contributed by atoms with van der Waals surface area (Å²) < 4.78 is 0. The first-order chi connectivity index (χ1) is 10.2. The van der Waals surface area contributed by atoms with Crippen LogP contribution < -0.4 is 4.90 Å². The molecule has 21 heavy (non-hydrogen) atoms. The second-order valence-electron chi connectivity index (χ2n) is 6.52. The molecule has 2 fully saturated rings. The number of carbonyl (C=O) groups excluding carboxylic acids is 2. The van der Waals surface area contributed by atoms with Crippen LogP contribution in [-0.4, -0.2) is 17.7 Å². The summed E-state index contributed by atoms with van der Waals surface area (Å²) in [7, 11) is 0. The Balaban J connectivity index is 1.79. The molecule has 0 aromatic heterocycles. The second-order valence-corrected chi connectivity index (χ2v) is 6.52. The van der Waals surface area contributed by atoms with Crippen LogP contribution in [0.2, 0.25) is 0 Å². The first kappa shape index (κ1) is 12.8. The molecule has 1 saturated carbocycles. The highest BCUT2D eigenvalue weighted by atomic mass is 16.2. The van der Waals surface area contributed by atoms with Gasteiger partial charge in [-0.1, -0.05) is 30.7 Å². The number of amides is 1. The Labute approximate surface area is 124 Å². The van der Waals surface area contributed by atoms with Crippen molar-refractivity contribution in [2.45, 2.75) is 38.1 Å². The van der Waals surface area contributed by atoms with E-state index in [0.29, 0.717) is 12.3 Å². The molecule has 1 amide bonds. The molecule has 3 nitrogen and oxygen atoms in total. The first-order valence-electron chi connectivity index (χ1n) is 7.80. The topological polar surface area (TPSA) is 37.4 Å². The molecule has 3 heteroatoms. The third-order valence-corrected chi connectivity index (χ3v) is 5.48. The minimum atomic E-state index is -0.469. The zero-order chi connectivity index (χ0) is 14.4. The zero-order valence-electron chi connectivity index (χ0n) is 12.0. The molecular weight excluding hydrogens is 262 g/mol. The van der Waals surface area contributed by atoms with Gasteiger partial charge >= 0.3 is 0 Å². The lowest BCUT2D eigenvalue weighted by Crippen LogP contribution is -2.40. The zero-order valence-corrected chi connectivity index (χ0v) is 12.0. The third kappa shape index (κ3) is 1.73. The number of allylic oxidation sites excluding steroid dienone is 2. The predicted molar refractivity (Wildman–Crippen MR) is 80.9 cm³/mol. The molecule has 0 radical (unpaired) electrons. The fraction of sp³-hybridized carbons (Fsp3) is 0.444. The quantitative estimate of drug-likeness (QED) is 0.793. The van der Waals surface area contributed by atoms with Gasteiger partial charge in [-0.15, -0.1) is 0 Å². The van der Waals surface area contributed by atoms with Gasteiger partial charge in [0, 0.05) is 18.2 Å². The van der Waals surface area contributed by atoms with Crippen LogP contribution in [0.15, 0.2) is 42.5 Å². The monoisotopic (exact) mass is 281 g/mol. The van der Waals surface area contributed by atoms with Crippen LogP contribution in [0.1, 0.15) is 32.1 Å². The molecule has 1 saturated heterocycles. The molecule has 1 aromatic rings. The number of anilines is 1. The molecule has 108 valence electrons. The Morgan fingerprint density at radius 3 is 2.67 bits per heavy atom. The predicted octanol–water partition coefficient (Wildman–Crippen LogP) is 3.11. The number of para-hydroxylation sites is 1. The first-order valence-corrected chi connectivity index (χ1v) is 7.80. The van der Waals surface area contributed by atoms with Crippen LogP contribution in [0.4, 0.5) is 5.69 Å². The molecular formula is C18H19NO2. The van der Waals surface area contributed by atoms with Gasteiger partial charge in [-0.3, -0.25) is 9.59 Å². The van der Waals surface area contributed by atoms with Crippen molar-refractivity contribution in [2.24, 2.45) is 11.3 Å². The van der Waals surface area contributed by atoms with Crippen molar-refractivity contribution in [3.05, 3.63) is 42.5 Å². The summed E-state index contributed by atoms with van der Waals surface area (Å²) >= 11 is 0. The fourth-order valence-electron chi connectivity index (χ4n) is 4.63. The molecule has 3 atom stereocenters. The van der Waals surface area contributed by atoms with Crippen molar-refractivity contribution < 1.29 is 9.59 Å². The maximum atomic E-state index is 13.2. The Morgan fingerprint density at radius 1 is 1.10 bits per heavy atom. The maximum Gasteiger partial charge on any atom is 0.234 e. The molecule has 1 aromatic carbocycles. The van der Waals surface area contributed by atoms with E-state index in [2.05, 4.69) is 0 Å². The lowest BCUT2D eigenvalue weighted by Gasteiger charge is -2.32. The van der Waals surface area contributed by atoms with Crippen molar-refractivity contribution in [3.8, 4) is 0 Å². The van der Waals surface area contributed by atoms with E-state index in [1.165, 1.54) is 0 Å². The van der Waals surface area contributed by atoms with Gasteiger partial charge in [0.2, 0.25) is 5.91 Å². The molecule has 2 aliphatic carbocycles. The number of hydrogen-bond acceptors (Lipinski definition) is 2. The normalized spacial score (nSPS) is 34.8. The van der Waals surface area contributed by atoms with E-state index in [1.54, 1.807) is 6.08 Å². The Morgan fingerprint density at radius 2 is 1.90 bits per heavy atom. The van der Waals surface area contributed by atoms with E-state index in [4.69, 9.17) is 0 Å². The van der Waals surface area contributed by atoms with Gasteiger partial charge in [-0.2, -0.15) is 0 Å². The minimum absolute atomic E-state index is 0.107. The highest BCUT2D eigenvalue weighted by Gasteiger charge is 2.60. The third-order valence-electron chi connectivity index (χ3n) is 5.48. The van der Waals surface area contributed by atoms with Crippen LogP contribution >= 0.6 is 0 Å². The average molecular weight is 281 g/mol. The molecule has 0 bridgehead atoms. The second kappa shape index (κ2) is 4.55. The Hall–Kier alpha value is -1.90. The van der Waals surface area contributed by atoms with Crippen molar-refractivity contribution in [1.29, 1.82) is 0 Å². The smallest absolute Gasteiger partial charge is 0.234 e. The maximum absolute atomic E-state index is 13.2. The van der Waals surface area contributed by atoms with E-state index in [0.717, 1.165) is 31.4 Å². The lowest BCUT2D eigenvalue weighted by atomic mass is 9.68. The molecule has 1 spiro atoms. The molecule has 4 rings (SSSR count). The largest absolute Gasteiger partial charge is 0.309 e. The number of benzene rings is 1. The van der Waals surface area contributed by atoms with Gasteiger partial charge in [-0.05, 0) is 43.4 Å². The molecule has 3 aliphatic rings. The average Bonchev–Trinajstić information content (AvgIpc) is 3.04. The van der Waals surface area contributed by atoms with Crippen LogP contribution in [-0.2, 0) is 9.59 Å². The fourth-order valence-corrected chi connectivity index (χ4v) is 4.63. The summed E-state index contributed by atoms with van der Waals surface area (Å²) in [4.78, 5) is 27.1. The van der Waals surface area contributed by atoms with Gasteiger partial charge in [-0.25, -0.2) is 0 Å².